The van der Waals surface area contributed by atoms with Crippen LogP contribution in [0.3, 0.4) is 0 Å². The van der Waals surface area contributed by atoms with E-state index in [2.05, 4.69) is 16.7 Å². The molecule has 1 unspecified atom stereocenters. The fourth-order valence-corrected chi connectivity index (χ4v) is 3.62. The van der Waals surface area contributed by atoms with Crippen LogP contribution in [0.15, 0.2) is 0 Å². The SMILES string of the molecule is CC(=O)N1CCC(C#N)(NC(=O)C(CC(C)(C)C)NC(=O)N2CCOCC2)CC1. The number of hydrogen-bond donors (Lipinski definition) is 2. The molecule has 2 aliphatic rings. The summed E-state index contributed by atoms with van der Waals surface area (Å²) < 4.78 is 5.27. The Morgan fingerprint density at radius 2 is 1.69 bits per heavy atom. The van der Waals surface area contributed by atoms with Crippen molar-refractivity contribution in [2.45, 2.75) is 58.5 Å². The van der Waals surface area contributed by atoms with Crippen molar-refractivity contribution >= 4 is 17.8 Å². The number of likely N-dealkylation sites (tertiary alicyclic amines) is 1. The molecule has 2 aliphatic heterocycles. The molecule has 2 saturated heterocycles. The van der Waals surface area contributed by atoms with Crippen molar-refractivity contribution in [1.29, 1.82) is 5.26 Å². The molecule has 9 heteroatoms. The van der Waals surface area contributed by atoms with Crippen LogP contribution >= 0.6 is 0 Å². The molecule has 2 fully saturated rings. The molecule has 2 rings (SSSR count). The second-order valence-corrected chi connectivity index (χ2v) is 9.06. The topological polar surface area (TPSA) is 115 Å². The van der Waals surface area contributed by atoms with Gasteiger partial charge in [-0.25, -0.2) is 4.79 Å². The summed E-state index contributed by atoms with van der Waals surface area (Å²) in [5.41, 5.74) is -1.22. The average molecular weight is 408 g/mol. The number of nitrogens with one attached hydrogen (secondary N) is 2. The van der Waals surface area contributed by atoms with Gasteiger partial charge < -0.3 is 25.2 Å². The smallest absolute Gasteiger partial charge is 0.318 e. The summed E-state index contributed by atoms with van der Waals surface area (Å²) in [5, 5.41) is 15.5. The van der Waals surface area contributed by atoms with Crippen LogP contribution in [-0.4, -0.2) is 78.6 Å². The third-order valence-corrected chi connectivity index (χ3v) is 5.37. The third kappa shape index (κ3) is 6.60. The second kappa shape index (κ2) is 9.44. The van der Waals surface area contributed by atoms with E-state index < -0.39 is 11.6 Å². The molecule has 9 nitrogen and oxygen atoms in total. The minimum atomic E-state index is -1.02. The zero-order valence-corrected chi connectivity index (χ0v) is 17.9. The van der Waals surface area contributed by atoms with E-state index in [1.807, 2.05) is 20.8 Å². The van der Waals surface area contributed by atoms with E-state index in [0.717, 1.165) is 0 Å². The standard InChI is InChI=1S/C20H33N5O4/c1-15(26)24-7-5-20(14-21,6-8-24)23-17(27)16(13-19(2,3)4)22-18(28)25-9-11-29-12-10-25/h16H,5-13H2,1-4H3,(H,22,28)(H,23,27). The summed E-state index contributed by atoms with van der Waals surface area (Å²) in [6.07, 6.45) is 1.18. The first-order valence-electron chi connectivity index (χ1n) is 10.2. The zero-order chi connectivity index (χ0) is 21.7. The molecule has 0 aromatic heterocycles. The van der Waals surface area contributed by atoms with Crippen LogP contribution in [0.2, 0.25) is 0 Å². The van der Waals surface area contributed by atoms with Gasteiger partial charge >= 0.3 is 6.03 Å². The highest BCUT2D eigenvalue weighted by Gasteiger charge is 2.39. The van der Waals surface area contributed by atoms with Gasteiger partial charge in [0.2, 0.25) is 11.8 Å². The molecule has 162 valence electrons. The first-order chi connectivity index (χ1) is 13.6. The number of carbonyl (C=O) groups excluding carboxylic acids is 3. The fourth-order valence-electron chi connectivity index (χ4n) is 3.62. The number of carbonyl (C=O) groups is 3. The van der Waals surface area contributed by atoms with Gasteiger partial charge in [-0.1, -0.05) is 20.8 Å². The molecule has 0 radical (unpaired) electrons. The molecule has 0 aromatic carbocycles. The highest BCUT2D eigenvalue weighted by Crippen LogP contribution is 2.25. The predicted octanol–water partition coefficient (Wildman–Crippen LogP) is 0.854. The summed E-state index contributed by atoms with van der Waals surface area (Å²) in [7, 11) is 0. The number of piperidine rings is 1. The Bertz CT molecular complexity index is 653. The number of morpholine rings is 1. The van der Waals surface area contributed by atoms with Gasteiger partial charge in [-0.3, -0.25) is 9.59 Å². The van der Waals surface area contributed by atoms with E-state index in [9.17, 15) is 19.6 Å². The summed E-state index contributed by atoms with van der Waals surface area (Å²) in [4.78, 5) is 40.6. The van der Waals surface area contributed by atoms with Gasteiger partial charge in [-0.2, -0.15) is 5.26 Å². The lowest BCUT2D eigenvalue weighted by Crippen LogP contribution is -2.60. The zero-order valence-electron chi connectivity index (χ0n) is 17.9. The van der Waals surface area contributed by atoms with Crippen molar-refractivity contribution in [3.05, 3.63) is 0 Å². The van der Waals surface area contributed by atoms with Crippen LogP contribution in [0.4, 0.5) is 4.79 Å². The molecule has 2 N–H and O–H groups in total. The van der Waals surface area contributed by atoms with Crippen LogP contribution in [0.1, 0.15) is 47.0 Å². The predicted molar refractivity (Wildman–Crippen MR) is 107 cm³/mol. The van der Waals surface area contributed by atoms with Crippen LogP contribution in [0.5, 0.6) is 0 Å². The Kier molecular flexibility index (Phi) is 7.47. The van der Waals surface area contributed by atoms with Crippen LogP contribution in [0, 0.1) is 16.7 Å². The highest BCUT2D eigenvalue weighted by atomic mass is 16.5. The lowest BCUT2D eigenvalue weighted by atomic mass is 9.85. The number of rotatable bonds is 4. The maximum Gasteiger partial charge on any atom is 0.318 e. The Hall–Kier alpha value is -2.34. The molecule has 0 aromatic rings. The molecule has 0 aliphatic carbocycles. The van der Waals surface area contributed by atoms with E-state index in [1.165, 1.54) is 6.92 Å². The first-order valence-corrected chi connectivity index (χ1v) is 10.2. The van der Waals surface area contributed by atoms with Gasteiger partial charge in [0.15, 0.2) is 0 Å². The first kappa shape index (κ1) is 22.9. The number of ether oxygens (including phenoxy) is 1. The molecule has 0 saturated carbocycles. The van der Waals surface area contributed by atoms with Crippen molar-refractivity contribution in [3.8, 4) is 6.07 Å². The lowest BCUT2D eigenvalue weighted by Gasteiger charge is -2.39. The largest absolute Gasteiger partial charge is 0.378 e. The van der Waals surface area contributed by atoms with E-state index >= 15 is 0 Å². The second-order valence-electron chi connectivity index (χ2n) is 9.06. The van der Waals surface area contributed by atoms with E-state index in [0.29, 0.717) is 58.7 Å². The Labute approximate surface area is 172 Å². The quantitative estimate of drug-likeness (QED) is 0.717. The normalized spacial score (nSPS) is 20.4. The number of nitriles is 1. The Balaban J connectivity index is 2.07. The number of hydrogen-bond acceptors (Lipinski definition) is 5. The molecule has 2 heterocycles. The number of nitrogens with zero attached hydrogens (tertiary/aromatic N) is 3. The summed E-state index contributed by atoms with van der Waals surface area (Å²) >= 11 is 0. The van der Waals surface area contributed by atoms with Crippen molar-refractivity contribution in [3.63, 3.8) is 0 Å². The summed E-state index contributed by atoms with van der Waals surface area (Å²) in [6.45, 7) is 10.3. The van der Waals surface area contributed by atoms with Crippen molar-refractivity contribution in [2.24, 2.45) is 5.41 Å². The van der Waals surface area contributed by atoms with Crippen molar-refractivity contribution in [2.75, 3.05) is 39.4 Å². The monoisotopic (exact) mass is 407 g/mol. The molecule has 4 amide bonds. The van der Waals surface area contributed by atoms with Gasteiger partial charge in [0, 0.05) is 45.9 Å². The summed E-state index contributed by atoms with van der Waals surface area (Å²) in [6, 6.07) is 1.19. The van der Waals surface area contributed by atoms with Crippen molar-refractivity contribution in [1.82, 2.24) is 20.4 Å². The summed E-state index contributed by atoms with van der Waals surface area (Å²) in [5.74, 6) is -0.398. The van der Waals surface area contributed by atoms with Gasteiger partial charge in [-0.15, -0.1) is 0 Å². The fraction of sp³-hybridized carbons (Fsp3) is 0.800. The minimum Gasteiger partial charge on any atom is -0.378 e. The maximum absolute atomic E-state index is 13.1. The molecular formula is C20H33N5O4. The van der Waals surface area contributed by atoms with E-state index in [4.69, 9.17) is 4.74 Å². The number of amides is 4. The Morgan fingerprint density at radius 1 is 1.10 bits per heavy atom. The molecule has 1 atom stereocenters. The van der Waals surface area contributed by atoms with E-state index in [1.54, 1.807) is 9.80 Å². The van der Waals surface area contributed by atoms with Gasteiger partial charge in [0.1, 0.15) is 11.6 Å². The van der Waals surface area contributed by atoms with Crippen LogP contribution in [-0.2, 0) is 14.3 Å². The molecule has 0 spiro atoms. The third-order valence-electron chi connectivity index (χ3n) is 5.37. The van der Waals surface area contributed by atoms with Crippen LogP contribution in [0.25, 0.3) is 0 Å². The van der Waals surface area contributed by atoms with Crippen LogP contribution < -0.4 is 10.6 Å². The molecular weight excluding hydrogens is 374 g/mol. The average Bonchev–Trinajstić information content (AvgIpc) is 2.67. The number of urea groups is 1. The lowest BCUT2D eigenvalue weighted by molar-refractivity contribution is -0.130. The van der Waals surface area contributed by atoms with E-state index in [-0.39, 0.29) is 23.3 Å². The van der Waals surface area contributed by atoms with Gasteiger partial charge in [0.05, 0.1) is 19.3 Å². The highest BCUT2D eigenvalue weighted by molar-refractivity contribution is 5.88. The molecule has 29 heavy (non-hydrogen) atoms. The maximum atomic E-state index is 13.1. The van der Waals surface area contributed by atoms with Crippen molar-refractivity contribution < 1.29 is 19.1 Å². The molecule has 0 bridgehead atoms. The van der Waals surface area contributed by atoms with Gasteiger partial charge in [0.25, 0.3) is 0 Å². The van der Waals surface area contributed by atoms with Gasteiger partial charge in [-0.05, 0) is 11.8 Å². The minimum absolute atomic E-state index is 0.0359. The Morgan fingerprint density at radius 3 is 2.17 bits per heavy atom.